The van der Waals surface area contributed by atoms with Gasteiger partial charge in [0.15, 0.2) is 0 Å². The van der Waals surface area contributed by atoms with Gasteiger partial charge in [0.25, 0.3) is 0 Å². The van der Waals surface area contributed by atoms with Crippen LogP contribution in [0.2, 0.25) is 10.0 Å². The lowest BCUT2D eigenvalue weighted by Gasteiger charge is -2.43. The van der Waals surface area contributed by atoms with Crippen molar-refractivity contribution in [2.45, 2.75) is 78.4 Å². The van der Waals surface area contributed by atoms with Crippen molar-refractivity contribution in [1.82, 2.24) is 10.3 Å². The van der Waals surface area contributed by atoms with Gasteiger partial charge in [0.1, 0.15) is 5.66 Å². The topological polar surface area (TPSA) is 57.5 Å². The van der Waals surface area contributed by atoms with Gasteiger partial charge in [0.2, 0.25) is 0 Å². The summed E-state index contributed by atoms with van der Waals surface area (Å²) in [4.78, 5) is 9.99. The Morgan fingerprint density at radius 3 is 2.28 bits per heavy atom. The fraction of sp³-hybridized carbons (Fsp3) is 0.467. The summed E-state index contributed by atoms with van der Waals surface area (Å²) < 4.78 is 0. The monoisotopic (exact) mass is 527 g/mol. The van der Waals surface area contributed by atoms with Crippen LogP contribution in [-0.2, 0) is 13.0 Å². The molecule has 2 aromatic rings. The molecule has 36 heavy (non-hydrogen) atoms. The third-order valence-corrected chi connectivity index (χ3v) is 7.53. The number of aliphatic hydroxyl groups excluding tert-OH is 1. The second-order valence-corrected chi connectivity index (χ2v) is 12.0. The van der Waals surface area contributed by atoms with Gasteiger partial charge >= 0.3 is 0 Å². The first-order valence-electron chi connectivity index (χ1n) is 12.6. The predicted octanol–water partition coefficient (Wildman–Crippen LogP) is 8.48. The Morgan fingerprint density at radius 2 is 1.78 bits per heavy atom. The standard InChI is InChI=1S/C30H39Cl2N3O/c1-20(2)28(23-15-25(31)17-26(32)16-23)35-30(13-11-24(12-14-30)29(4,5)6)34-19-27-10-9-22(18-33-27)8-7-21(3)36/h9-10,15-18,24,34,36H,1,3,7-8,11-14,19H2,2,4-6H3/b35-28+. The Balaban J connectivity index is 1.88. The van der Waals surface area contributed by atoms with Crippen molar-refractivity contribution in [2.75, 3.05) is 0 Å². The van der Waals surface area contributed by atoms with Crippen LogP contribution < -0.4 is 5.32 Å². The number of aryl methyl sites for hydroxylation is 1. The summed E-state index contributed by atoms with van der Waals surface area (Å²) in [5, 5.41) is 14.3. The maximum atomic E-state index is 9.36. The van der Waals surface area contributed by atoms with E-state index in [1.807, 2.05) is 31.3 Å². The first-order chi connectivity index (χ1) is 16.9. The molecule has 1 aromatic heterocycles. The number of halogens is 2. The molecule has 0 bridgehead atoms. The molecular weight excluding hydrogens is 489 g/mol. The Labute approximate surface area is 226 Å². The van der Waals surface area contributed by atoms with Crippen molar-refractivity contribution in [2.24, 2.45) is 16.3 Å². The van der Waals surface area contributed by atoms with E-state index in [-0.39, 0.29) is 11.2 Å². The molecule has 4 nitrogen and oxygen atoms in total. The molecule has 1 aliphatic carbocycles. The van der Waals surface area contributed by atoms with Gasteiger partial charge < -0.3 is 5.11 Å². The maximum absolute atomic E-state index is 9.36. The highest BCUT2D eigenvalue weighted by Crippen LogP contribution is 2.42. The number of aliphatic imine (C=N–C) groups is 1. The Bertz CT molecular complexity index is 1090. The van der Waals surface area contributed by atoms with Crippen LogP contribution in [0.5, 0.6) is 0 Å². The molecule has 1 aromatic carbocycles. The third kappa shape index (κ3) is 7.93. The van der Waals surface area contributed by atoms with Gasteiger partial charge in [-0.15, -0.1) is 0 Å². The molecule has 194 valence electrons. The zero-order chi connectivity index (χ0) is 26.5. The van der Waals surface area contributed by atoms with Gasteiger partial charge in [-0.3, -0.25) is 15.3 Å². The molecule has 1 saturated carbocycles. The minimum Gasteiger partial charge on any atom is -0.513 e. The van der Waals surface area contributed by atoms with E-state index < -0.39 is 5.66 Å². The molecule has 3 rings (SSSR count). The highest BCUT2D eigenvalue weighted by Gasteiger charge is 2.39. The lowest BCUT2D eigenvalue weighted by Crippen LogP contribution is -2.48. The van der Waals surface area contributed by atoms with E-state index in [2.05, 4.69) is 50.3 Å². The fourth-order valence-electron chi connectivity index (χ4n) is 4.85. The highest BCUT2D eigenvalue weighted by molar-refractivity contribution is 6.35. The van der Waals surface area contributed by atoms with E-state index in [0.717, 1.165) is 60.2 Å². The Morgan fingerprint density at radius 1 is 1.14 bits per heavy atom. The van der Waals surface area contributed by atoms with Crippen molar-refractivity contribution in [1.29, 1.82) is 0 Å². The number of aliphatic hydroxyl groups is 1. The first kappa shape index (κ1) is 28.4. The molecule has 2 N–H and O–H groups in total. The zero-order valence-corrected chi connectivity index (χ0v) is 23.5. The number of hydrogen-bond donors (Lipinski definition) is 2. The number of nitrogens with one attached hydrogen (secondary N) is 1. The molecular formula is C30H39Cl2N3O. The van der Waals surface area contributed by atoms with Crippen LogP contribution in [0.25, 0.3) is 0 Å². The quantitative estimate of drug-likeness (QED) is 0.254. The van der Waals surface area contributed by atoms with Crippen LogP contribution in [-0.4, -0.2) is 21.5 Å². The Hall–Kier alpha value is -2.14. The van der Waals surface area contributed by atoms with E-state index >= 15 is 0 Å². The molecule has 0 radical (unpaired) electrons. The van der Waals surface area contributed by atoms with Crippen LogP contribution in [0, 0.1) is 11.3 Å². The summed E-state index contributed by atoms with van der Waals surface area (Å²) >= 11 is 12.7. The second kappa shape index (κ2) is 11.9. The molecule has 6 heteroatoms. The summed E-state index contributed by atoms with van der Waals surface area (Å²) in [6, 6.07) is 9.63. The van der Waals surface area contributed by atoms with Gasteiger partial charge in [0.05, 0.1) is 17.2 Å². The molecule has 0 unspecified atom stereocenters. The highest BCUT2D eigenvalue weighted by atomic mass is 35.5. The molecule has 1 aliphatic rings. The maximum Gasteiger partial charge on any atom is 0.111 e. The van der Waals surface area contributed by atoms with Gasteiger partial charge in [-0.2, -0.15) is 0 Å². The van der Waals surface area contributed by atoms with Crippen LogP contribution >= 0.6 is 23.2 Å². The molecule has 0 atom stereocenters. The molecule has 0 saturated heterocycles. The lowest BCUT2D eigenvalue weighted by atomic mass is 9.69. The normalized spacial score (nSPS) is 20.8. The van der Waals surface area contributed by atoms with Crippen LogP contribution in [0.15, 0.2) is 66.0 Å². The molecule has 0 spiro atoms. The average molecular weight is 529 g/mol. The average Bonchev–Trinajstić information content (AvgIpc) is 2.79. The summed E-state index contributed by atoms with van der Waals surface area (Å²) in [6.45, 7) is 17.3. The number of rotatable bonds is 9. The number of aromatic nitrogens is 1. The van der Waals surface area contributed by atoms with E-state index in [1.165, 1.54) is 0 Å². The van der Waals surface area contributed by atoms with Crippen LogP contribution in [0.3, 0.4) is 0 Å². The van der Waals surface area contributed by atoms with E-state index in [0.29, 0.717) is 28.9 Å². The third-order valence-electron chi connectivity index (χ3n) is 7.09. The van der Waals surface area contributed by atoms with Crippen molar-refractivity contribution >= 4 is 28.9 Å². The molecule has 1 heterocycles. The minimum absolute atomic E-state index is 0.195. The summed E-state index contributed by atoms with van der Waals surface area (Å²) in [5.41, 5.74) is 4.46. The van der Waals surface area contributed by atoms with Crippen LogP contribution in [0.4, 0.5) is 0 Å². The summed E-state index contributed by atoms with van der Waals surface area (Å²) in [7, 11) is 0. The molecule has 0 aliphatic heterocycles. The molecule has 0 amide bonds. The number of pyridine rings is 1. The summed E-state index contributed by atoms with van der Waals surface area (Å²) in [6.07, 6.45) is 7.19. The number of hydrogen-bond acceptors (Lipinski definition) is 4. The predicted molar refractivity (Wildman–Crippen MR) is 153 cm³/mol. The van der Waals surface area contributed by atoms with E-state index in [9.17, 15) is 5.11 Å². The zero-order valence-electron chi connectivity index (χ0n) is 22.0. The number of nitrogens with zero attached hydrogens (tertiary/aromatic N) is 2. The van der Waals surface area contributed by atoms with Gasteiger partial charge in [-0.05, 0) is 85.8 Å². The van der Waals surface area contributed by atoms with Crippen molar-refractivity contribution < 1.29 is 5.11 Å². The minimum atomic E-state index is -0.431. The largest absolute Gasteiger partial charge is 0.513 e. The first-order valence-corrected chi connectivity index (χ1v) is 13.4. The van der Waals surface area contributed by atoms with E-state index in [4.69, 9.17) is 28.2 Å². The molecule has 1 fully saturated rings. The Kier molecular flexibility index (Phi) is 9.43. The van der Waals surface area contributed by atoms with Crippen molar-refractivity contribution in [3.63, 3.8) is 0 Å². The van der Waals surface area contributed by atoms with Crippen molar-refractivity contribution in [3.05, 3.63) is 87.9 Å². The second-order valence-electron chi connectivity index (χ2n) is 11.1. The fourth-order valence-corrected chi connectivity index (χ4v) is 5.38. The lowest BCUT2D eigenvalue weighted by molar-refractivity contribution is 0.117. The van der Waals surface area contributed by atoms with Crippen molar-refractivity contribution in [3.8, 4) is 0 Å². The van der Waals surface area contributed by atoms with Gasteiger partial charge in [-0.25, -0.2) is 0 Å². The van der Waals surface area contributed by atoms with Gasteiger partial charge in [-0.1, -0.05) is 63.2 Å². The SMILES string of the molecule is C=C(O)CCc1ccc(CNC2(/N=C(\C(=C)C)c3cc(Cl)cc(Cl)c3)CCC(C(C)(C)C)CC2)nc1. The summed E-state index contributed by atoms with van der Waals surface area (Å²) in [5.74, 6) is 0.843. The van der Waals surface area contributed by atoms with E-state index in [1.54, 1.807) is 6.07 Å². The van der Waals surface area contributed by atoms with Crippen LogP contribution in [0.1, 0.15) is 76.6 Å². The number of benzene rings is 1. The smallest absolute Gasteiger partial charge is 0.111 e. The van der Waals surface area contributed by atoms with Gasteiger partial charge in [0, 0.05) is 34.8 Å². The number of allylic oxidation sites excluding steroid dienone is 2.